The Kier molecular flexibility index (Phi) is 4.07. The van der Waals surface area contributed by atoms with Gasteiger partial charge in [0.2, 0.25) is 11.8 Å². The van der Waals surface area contributed by atoms with Crippen LogP contribution in [0.15, 0.2) is 16.2 Å². The molecule has 126 valence electrons. The van der Waals surface area contributed by atoms with Gasteiger partial charge < -0.3 is 9.42 Å². The molecule has 3 rings (SSSR count). The van der Waals surface area contributed by atoms with Crippen molar-refractivity contribution >= 4 is 5.91 Å². The first-order valence-corrected chi connectivity index (χ1v) is 8.54. The van der Waals surface area contributed by atoms with E-state index in [1.165, 1.54) is 5.57 Å². The number of hydrogen-bond donors (Lipinski definition) is 0. The van der Waals surface area contributed by atoms with E-state index in [0.29, 0.717) is 23.6 Å². The smallest absolute Gasteiger partial charge is 0.229 e. The molecule has 0 aromatic carbocycles. The average molecular weight is 317 g/mol. The van der Waals surface area contributed by atoms with Gasteiger partial charge in [-0.25, -0.2) is 0 Å². The minimum absolute atomic E-state index is 0.0921. The maximum absolute atomic E-state index is 12.9. The third-order valence-corrected chi connectivity index (χ3v) is 5.39. The fourth-order valence-corrected chi connectivity index (χ4v) is 3.84. The fraction of sp³-hybridized carbons (Fsp3) is 0.722. The number of aromatic nitrogens is 2. The van der Waals surface area contributed by atoms with Gasteiger partial charge in [0.25, 0.3) is 0 Å². The lowest BCUT2D eigenvalue weighted by Crippen LogP contribution is -2.39. The molecule has 1 aromatic rings. The van der Waals surface area contributed by atoms with Crippen LogP contribution >= 0.6 is 0 Å². The van der Waals surface area contributed by atoms with Crippen molar-refractivity contribution in [3.8, 4) is 0 Å². The van der Waals surface area contributed by atoms with E-state index in [0.717, 1.165) is 31.8 Å². The first kappa shape index (κ1) is 16.2. The molecule has 23 heavy (non-hydrogen) atoms. The molecule has 0 spiro atoms. The summed E-state index contributed by atoms with van der Waals surface area (Å²) in [6.07, 6.45) is 4.08. The molecule has 1 aromatic heterocycles. The summed E-state index contributed by atoms with van der Waals surface area (Å²) in [6, 6.07) is 0. The Morgan fingerprint density at radius 1 is 1.30 bits per heavy atom. The van der Waals surface area contributed by atoms with Crippen LogP contribution in [0, 0.1) is 24.2 Å². The van der Waals surface area contributed by atoms with Gasteiger partial charge in [0.1, 0.15) is 0 Å². The molecule has 0 N–H and O–H groups in total. The highest BCUT2D eigenvalue weighted by molar-refractivity contribution is 5.84. The summed E-state index contributed by atoms with van der Waals surface area (Å²) < 4.78 is 5.28. The van der Waals surface area contributed by atoms with Gasteiger partial charge in [-0.15, -0.1) is 0 Å². The van der Waals surface area contributed by atoms with Crippen LogP contribution in [0.3, 0.4) is 0 Å². The van der Waals surface area contributed by atoms with E-state index >= 15 is 0 Å². The van der Waals surface area contributed by atoms with E-state index in [4.69, 9.17) is 4.52 Å². The Morgan fingerprint density at radius 2 is 1.96 bits per heavy atom. The number of piperidine rings is 1. The van der Waals surface area contributed by atoms with Crippen LogP contribution in [0.5, 0.6) is 0 Å². The standard InChI is InChI=1S/C18H27N3O2/c1-11(2)10-14-15(18(14,4)5)17(22)21-8-6-13(7-9-21)16-19-12(3)20-23-16/h10,13-15H,6-9H2,1-5H3/t14-,15-/m0/s1. The third kappa shape index (κ3) is 3.06. The van der Waals surface area contributed by atoms with E-state index in [2.05, 4.69) is 43.9 Å². The molecule has 5 heteroatoms. The number of hydrogen-bond acceptors (Lipinski definition) is 4. The molecule has 0 radical (unpaired) electrons. The normalized spacial score (nSPS) is 26.9. The first-order chi connectivity index (χ1) is 10.8. The molecular formula is C18H27N3O2. The summed E-state index contributed by atoms with van der Waals surface area (Å²) in [4.78, 5) is 19.2. The van der Waals surface area contributed by atoms with Crippen LogP contribution in [0.25, 0.3) is 0 Å². The second kappa shape index (κ2) is 5.77. The van der Waals surface area contributed by atoms with Crippen molar-refractivity contribution in [2.45, 2.75) is 53.4 Å². The predicted molar refractivity (Wildman–Crippen MR) is 87.8 cm³/mol. The maximum Gasteiger partial charge on any atom is 0.229 e. The van der Waals surface area contributed by atoms with Crippen LogP contribution < -0.4 is 0 Å². The van der Waals surface area contributed by atoms with Crippen molar-refractivity contribution in [2.75, 3.05) is 13.1 Å². The van der Waals surface area contributed by atoms with Crippen molar-refractivity contribution in [3.05, 3.63) is 23.4 Å². The van der Waals surface area contributed by atoms with Crippen LogP contribution in [-0.2, 0) is 4.79 Å². The number of amides is 1. The Bertz CT molecular complexity index is 620. The molecule has 1 aliphatic heterocycles. The number of nitrogens with zero attached hydrogens (tertiary/aromatic N) is 3. The Labute approximate surface area is 138 Å². The summed E-state index contributed by atoms with van der Waals surface area (Å²) in [6.45, 7) is 12.0. The number of allylic oxidation sites excluding steroid dienone is 2. The lowest BCUT2D eigenvalue weighted by atomic mass is 9.96. The molecule has 1 amide bonds. The third-order valence-electron chi connectivity index (χ3n) is 5.39. The van der Waals surface area contributed by atoms with E-state index in [1.807, 2.05) is 11.8 Å². The Balaban J connectivity index is 1.60. The van der Waals surface area contributed by atoms with Gasteiger partial charge in [-0.1, -0.05) is 30.7 Å². The molecule has 0 bridgehead atoms. The summed E-state index contributed by atoms with van der Waals surface area (Å²) in [5, 5.41) is 3.87. The molecule has 1 saturated heterocycles. The monoisotopic (exact) mass is 317 g/mol. The largest absolute Gasteiger partial charge is 0.342 e. The van der Waals surface area contributed by atoms with Gasteiger partial charge in [0.15, 0.2) is 5.82 Å². The summed E-state index contributed by atoms with van der Waals surface area (Å²) in [5.41, 5.74) is 1.39. The van der Waals surface area contributed by atoms with E-state index < -0.39 is 0 Å². The Hall–Kier alpha value is -1.65. The zero-order valence-electron chi connectivity index (χ0n) is 14.8. The molecule has 0 unspecified atom stereocenters. The van der Waals surface area contributed by atoms with Crippen LogP contribution in [0.4, 0.5) is 0 Å². The molecule has 1 aliphatic carbocycles. The topological polar surface area (TPSA) is 59.2 Å². The first-order valence-electron chi connectivity index (χ1n) is 8.54. The average Bonchev–Trinajstić information content (AvgIpc) is 2.83. The van der Waals surface area contributed by atoms with Crippen molar-refractivity contribution < 1.29 is 9.32 Å². The fourth-order valence-electron chi connectivity index (χ4n) is 3.84. The molecule has 1 saturated carbocycles. The highest BCUT2D eigenvalue weighted by atomic mass is 16.5. The van der Waals surface area contributed by atoms with Gasteiger partial charge in [0, 0.05) is 19.0 Å². The highest BCUT2D eigenvalue weighted by Crippen LogP contribution is 2.60. The lowest BCUT2D eigenvalue weighted by molar-refractivity contribution is -0.134. The molecular weight excluding hydrogens is 290 g/mol. The van der Waals surface area contributed by atoms with E-state index in [9.17, 15) is 4.79 Å². The maximum atomic E-state index is 12.9. The predicted octanol–water partition coefficient (Wildman–Crippen LogP) is 3.32. The minimum atomic E-state index is 0.0921. The lowest BCUT2D eigenvalue weighted by Gasteiger charge is -2.31. The van der Waals surface area contributed by atoms with Gasteiger partial charge in [0.05, 0.1) is 5.92 Å². The van der Waals surface area contributed by atoms with Gasteiger partial charge in [-0.05, 0) is 44.9 Å². The highest BCUT2D eigenvalue weighted by Gasteiger charge is 2.61. The number of carbonyl (C=O) groups excluding carboxylic acids is 1. The second-order valence-electron chi connectivity index (χ2n) is 7.85. The summed E-state index contributed by atoms with van der Waals surface area (Å²) in [7, 11) is 0. The number of likely N-dealkylation sites (tertiary alicyclic amines) is 1. The van der Waals surface area contributed by atoms with Crippen molar-refractivity contribution in [1.82, 2.24) is 15.0 Å². The van der Waals surface area contributed by atoms with Gasteiger partial charge >= 0.3 is 0 Å². The molecule has 2 heterocycles. The molecule has 2 fully saturated rings. The van der Waals surface area contributed by atoms with E-state index in [1.54, 1.807) is 0 Å². The number of aryl methyl sites for hydroxylation is 1. The second-order valence-corrected chi connectivity index (χ2v) is 7.85. The SMILES string of the molecule is CC(C)=C[C@H]1[C@@H](C(=O)N2CCC(c3nc(C)no3)CC2)C1(C)C. The van der Waals surface area contributed by atoms with Crippen molar-refractivity contribution in [3.63, 3.8) is 0 Å². The minimum Gasteiger partial charge on any atom is -0.342 e. The molecule has 5 nitrogen and oxygen atoms in total. The van der Waals surface area contributed by atoms with Crippen LogP contribution in [0.1, 0.15) is 58.2 Å². The van der Waals surface area contributed by atoms with Crippen LogP contribution in [-0.4, -0.2) is 34.0 Å². The van der Waals surface area contributed by atoms with Crippen molar-refractivity contribution in [1.29, 1.82) is 0 Å². The van der Waals surface area contributed by atoms with Crippen LogP contribution in [0.2, 0.25) is 0 Å². The number of rotatable bonds is 3. The van der Waals surface area contributed by atoms with Crippen molar-refractivity contribution in [2.24, 2.45) is 17.3 Å². The van der Waals surface area contributed by atoms with Gasteiger partial charge in [-0.2, -0.15) is 4.98 Å². The molecule has 2 aliphatic rings. The quantitative estimate of drug-likeness (QED) is 0.802. The zero-order valence-corrected chi connectivity index (χ0v) is 14.8. The summed E-state index contributed by atoms with van der Waals surface area (Å²) >= 11 is 0. The van der Waals surface area contributed by atoms with Gasteiger partial charge in [-0.3, -0.25) is 4.79 Å². The van der Waals surface area contributed by atoms with E-state index in [-0.39, 0.29) is 11.3 Å². The number of carbonyl (C=O) groups is 1. The molecule has 2 atom stereocenters. The zero-order chi connectivity index (χ0) is 16.8. The summed E-state index contributed by atoms with van der Waals surface area (Å²) in [5.74, 6) is 2.54. The Morgan fingerprint density at radius 3 is 2.48 bits per heavy atom.